The second-order valence-corrected chi connectivity index (χ2v) is 4.76. The average Bonchev–Trinajstić information content (AvgIpc) is 2.60. The number of carboxylic acids is 1. The van der Waals surface area contributed by atoms with E-state index in [4.69, 9.17) is 5.11 Å². The number of aromatic nitrogens is 2. The van der Waals surface area contributed by atoms with Crippen molar-refractivity contribution in [3.63, 3.8) is 0 Å². The Morgan fingerprint density at radius 1 is 1.04 bits per heavy atom. The van der Waals surface area contributed by atoms with Crippen LogP contribution in [0.25, 0.3) is 22.4 Å². The van der Waals surface area contributed by atoms with Gasteiger partial charge in [0.05, 0.1) is 11.4 Å². The molecule has 1 radical (unpaired) electrons. The predicted molar refractivity (Wildman–Crippen MR) is 78.6 cm³/mol. The number of carbonyl (C=O) groups is 1. The van der Waals surface area contributed by atoms with Crippen molar-refractivity contribution >= 4 is 5.97 Å². The Bertz CT molecular complexity index is 937. The van der Waals surface area contributed by atoms with E-state index in [1.54, 1.807) is 12.1 Å². The fourth-order valence-corrected chi connectivity index (χ4v) is 2.22. The van der Waals surface area contributed by atoms with Crippen LogP contribution in [0.15, 0.2) is 42.7 Å². The van der Waals surface area contributed by atoms with Crippen molar-refractivity contribution in [1.82, 2.24) is 9.97 Å². The molecule has 0 aliphatic carbocycles. The summed E-state index contributed by atoms with van der Waals surface area (Å²) in [5.41, 5.74) is -0.653. The van der Waals surface area contributed by atoms with Gasteiger partial charge < -0.3 is 9.90 Å². The Balaban J connectivity index is 0.00000225. The standard InChI is InChI=1S/C17H8F3N2O2.Ir/c18-11-8-10(9-4-6-22-13(7-9)17(23)24)14(16(20)15(11)19)12-3-1-2-5-21-12;/h1-6,8H,(H,23,24);/q-1;. The largest absolute Gasteiger partial charge is 0.519 e. The Labute approximate surface area is 153 Å². The summed E-state index contributed by atoms with van der Waals surface area (Å²) in [4.78, 5) is 18.6. The van der Waals surface area contributed by atoms with Gasteiger partial charge in [-0.15, -0.1) is 17.7 Å². The van der Waals surface area contributed by atoms with Crippen LogP contribution in [0.5, 0.6) is 0 Å². The molecule has 0 amide bonds. The molecule has 0 atom stereocenters. The van der Waals surface area contributed by atoms with E-state index in [0.29, 0.717) is 0 Å². The van der Waals surface area contributed by atoms with Gasteiger partial charge in [-0.2, -0.15) is 0 Å². The molecule has 3 aromatic rings. The Morgan fingerprint density at radius 3 is 2.44 bits per heavy atom. The Morgan fingerprint density at radius 2 is 1.80 bits per heavy atom. The average molecular weight is 521 g/mol. The zero-order valence-corrected chi connectivity index (χ0v) is 14.7. The fourth-order valence-electron chi connectivity index (χ4n) is 2.22. The molecule has 129 valence electrons. The molecule has 3 rings (SSSR count). The maximum Gasteiger partial charge on any atom is 0.275 e. The van der Waals surface area contributed by atoms with Gasteiger partial charge in [-0.25, -0.2) is 13.2 Å². The summed E-state index contributed by atoms with van der Waals surface area (Å²) in [7, 11) is 0. The summed E-state index contributed by atoms with van der Waals surface area (Å²) in [6, 6.07) is 9.13. The van der Waals surface area contributed by atoms with Crippen LogP contribution in [0.2, 0.25) is 0 Å². The topological polar surface area (TPSA) is 63.1 Å². The maximum atomic E-state index is 14.4. The molecule has 0 saturated carbocycles. The van der Waals surface area contributed by atoms with E-state index >= 15 is 0 Å². The normalized spacial score (nSPS) is 10.2. The van der Waals surface area contributed by atoms with Crippen LogP contribution in [0.1, 0.15) is 10.5 Å². The molecular weight excluding hydrogens is 513 g/mol. The molecule has 0 spiro atoms. The first-order chi connectivity index (χ1) is 11.5. The second-order valence-electron chi connectivity index (χ2n) is 4.76. The van der Waals surface area contributed by atoms with Crippen LogP contribution < -0.4 is 0 Å². The molecule has 2 heterocycles. The van der Waals surface area contributed by atoms with E-state index in [1.807, 2.05) is 0 Å². The molecule has 2 aromatic heterocycles. The minimum absolute atomic E-state index is 0. The van der Waals surface area contributed by atoms with Crippen molar-refractivity contribution in [1.29, 1.82) is 0 Å². The van der Waals surface area contributed by atoms with Crippen LogP contribution in [-0.4, -0.2) is 21.0 Å². The number of benzene rings is 1. The van der Waals surface area contributed by atoms with E-state index in [1.165, 1.54) is 18.3 Å². The van der Waals surface area contributed by atoms with Crippen molar-refractivity contribution in [2.75, 3.05) is 0 Å². The number of hydrogen-bond donors (Lipinski definition) is 1. The van der Waals surface area contributed by atoms with Crippen molar-refractivity contribution in [2.45, 2.75) is 0 Å². The minimum atomic E-state index is -1.63. The molecule has 0 aliphatic rings. The molecule has 8 heteroatoms. The summed E-state index contributed by atoms with van der Waals surface area (Å²) in [6.45, 7) is 0. The molecule has 25 heavy (non-hydrogen) atoms. The van der Waals surface area contributed by atoms with Crippen molar-refractivity contribution in [2.24, 2.45) is 0 Å². The van der Waals surface area contributed by atoms with Crippen LogP contribution in [-0.2, 0) is 20.1 Å². The van der Waals surface area contributed by atoms with Crippen molar-refractivity contribution in [3.05, 3.63) is 71.9 Å². The molecule has 4 nitrogen and oxygen atoms in total. The Hall–Kier alpha value is -2.57. The summed E-state index contributed by atoms with van der Waals surface area (Å²) in [5, 5.41) is 8.98. The Kier molecular flexibility index (Phi) is 5.66. The van der Waals surface area contributed by atoms with E-state index in [9.17, 15) is 18.0 Å². The second kappa shape index (κ2) is 7.55. The van der Waals surface area contributed by atoms with Crippen molar-refractivity contribution in [3.8, 4) is 22.4 Å². The van der Waals surface area contributed by atoms with Gasteiger partial charge in [0, 0.05) is 31.9 Å². The number of pyridine rings is 2. The molecule has 1 aromatic carbocycles. The number of aromatic carboxylic acids is 1. The van der Waals surface area contributed by atoms with Gasteiger partial charge >= 0.3 is 0 Å². The van der Waals surface area contributed by atoms with Crippen LogP contribution in [0.4, 0.5) is 13.2 Å². The first-order valence-electron chi connectivity index (χ1n) is 6.70. The molecule has 0 fully saturated rings. The molecule has 0 saturated heterocycles. The van der Waals surface area contributed by atoms with Gasteiger partial charge in [-0.1, -0.05) is 17.7 Å². The number of halogens is 3. The quantitative estimate of drug-likeness (QED) is 0.422. The van der Waals surface area contributed by atoms with E-state index < -0.39 is 29.1 Å². The molecule has 0 bridgehead atoms. The number of rotatable bonds is 3. The van der Waals surface area contributed by atoms with Gasteiger partial charge in [-0.05, 0) is 18.3 Å². The number of carboxylic acid groups (broad SMARTS) is 1. The first-order valence-corrected chi connectivity index (χ1v) is 6.70. The third kappa shape index (κ3) is 3.60. The summed E-state index contributed by atoms with van der Waals surface area (Å²) in [5.74, 6) is -5.79. The first kappa shape index (κ1) is 18.8. The van der Waals surface area contributed by atoms with Gasteiger partial charge in [0.15, 0.2) is 17.5 Å². The monoisotopic (exact) mass is 522 g/mol. The summed E-state index contributed by atoms with van der Waals surface area (Å²) >= 11 is 0. The van der Waals surface area contributed by atoms with Crippen LogP contribution in [0, 0.1) is 23.5 Å². The molecule has 1 N–H and O–H groups in total. The predicted octanol–water partition coefficient (Wildman–Crippen LogP) is 3.72. The van der Waals surface area contributed by atoms with Crippen molar-refractivity contribution < 1.29 is 43.2 Å². The fraction of sp³-hybridized carbons (Fsp3) is 0. The molecular formula is C17H8F3IrN2O2-. The summed E-state index contributed by atoms with van der Waals surface area (Å²) in [6.07, 6.45) is 2.54. The van der Waals surface area contributed by atoms with Crippen LogP contribution >= 0.6 is 0 Å². The molecule has 0 aliphatic heterocycles. The number of nitrogens with zero attached hydrogens (tertiary/aromatic N) is 2. The van der Waals surface area contributed by atoms with Gasteiger partial charge in [-0.3, -0.25) is 9.97 Å². The zero-order chi connectivity index (χ0) is 17.3. The maximum absolute atomic E-state index is 14.4. The van der Waals surface area contributed by atoms with Gasteiger partial charge in [0.1, 0.15) is 0 Å². The third-order valence-electron chi connectivity index (χ3n) is 3.27. The smallest absolute Gasteiger partial charge is 0.275 e. The molecule has 0 unspecified atom stereocenters. The third-order valence-corrected chi connectivity index (χ3v) is 3.27. The van der Waals surface area contributed by atoms with Gasteiger partial charge in [0.2, 0.25) is 0 Å². The van der Waals surface area contributed by atoms with E-state index in [2.05, 4.69) is 16.0 Å². The number of hydrogen-bond acceptors (Lipinski definition) is 3. The zero-order valence-electron chi connectivity index (χ0n) is 12.3. The SMILES string of the molecule is O=C(O)c1[c-]c(-c2cc(F)c(F)c(F)c2-c2ccccn2)ccn1.[Ir]. The van der Waals surface area contributed by atoms with E-state index in [-0.39, 0.29) is 42.5 Å². The van der Waals surface area contributed by atoms with Crippen LogP contribution in [0.3, 0.4) is 0 Å². The summed E-state index contributed by atoms with van der Waals surface area (Å²) < 4.78 is 41.7. The minimum Gasteiger partial charge on any atom is -0.519 e. The van der Waals surface area contributed by atoms with E-state index in [0.717, 1.165) is 12.3 Å². The van der Waals surface area contributed by atoms with Gasteiger partial charge in [0.25, 0.3) is 5.97 Å².